The summed E-state index contributed by atoms with van der Waals surface area (Å²) in [6.45, 7) is 23.2. The third-order valence-electron chi connectivity index (χ3n) is 12.8. The van der Waals surface area contributed by atoms with E-state index in [1.165, 1.54) is 11.3 Å². The maximum Gasteiger partial charge on any atom is 0.413 e. The van der Waals surface area contributed by atoms with Crippen LogP contribution in [0, 0.1) is 6.92 Å². The van der Waals surface area contributed by atoms with Crippen LogP contribution in [-0.4, -0.2) is 150 Å². The van der Waals surface area contributed by atoms with Crippen LogP contribution in [0.3, 0.4) is 0 Å². The fourth-order valence-electron chi connectivity index (χ4n) is 7.97. The Morgan fingerprint density at radius 1 is 0.505 bits per heavy atom. The fraction of sp³-hybridized carbons (Fsp3) is 0.521. The van der Waals surface area contributed by atoms with E-state index in [-0.39, 0.29) is 24.0 Å². The normalized spacial score (nSPS) is 11.0. The third-order valence-corrected chi connectivity index (χ3v) is 14.2. The third kappa shape index (κ3) is 48.8. The summed E-state index contributed by atoms with van der Waals surface area (Å²) in [6, 6.07) is 18.7. The number of aromatic nitrogens is 6. The quantitative estimate of drug-likeness (QED) is 0.00634. The van der Waals surface area contributed by atoms with Gasteiger partial charge in [0.1, 0.15) is 46.6 Å². The van der Waals surface area contributed by atoms with E-state index in [1.807, 2.05) is 97.0 Å². The first kappa shape index (κ1) is 92.5. The molecule has 562 valence electrons. The molecule has 0 saturated heterocycles. The van der Waals surface area contributed by atoms with E-state index in [4.69, 9.17) is 48.4 Å². The fourth-order valence-corrected chi connectivity index (χ4v) is 9.03. The second-order valence-electron chi connectivity index (χ2n) is 23.7. The Labute approximate surface area is 608 Å². The van der Waals surface area contributed by atoms with Crippen molar-refractivity contribution < 1.29 is 76.9 Å². The zero-order chi connectivity index (χ0) is 74.7. The number of amides is 5. The Hall–Kier alpha value is -8.52. The second-order valence-corrected chi connectivity index (χ2v) is 25.6. The molecule has 0 bridgehead atoms. The number of halogens is 1. The molecule has 0 spiro atoms. The van der Waals surface area contributed by atoms with Crippen LogP contribution in [0.15, 0.2) is 97.8 Å². The van der Waals surface area contributed by atoms with Crippen molar-refractivity contribution in [2.75, 3.05) is 85.9 Å². The van der Waals surface area contributed by atoms with Crippen LogP contribution in [0.25, 0.3) is 0 Å². The number of nitrogens with one attached hydrogen (secondary N) is 5. The minimum Gasteiger partial charge on any atom is -0.457 e. The summed E-state index contributed by atoms with van der Waals surface area (Å²) in [7, 11) is 6.71. The van der Waals surface area contributed by atoms with Crippen molar-refractivity contribution in [2.45, 2.75) is 190 Å². The Kier molecular flexibility index (Phi) is 49.7. The molecular weight excluding hydrogens is 1390 g/mol. The number of alkyl halides is 1. The molecule has 6 heterocycles. The lowest BCUT2D eigenvalue weighted by Gasteiger charge is -2.19. The van der Waals surface area contributed by atoms with Crippen molar-refractivity contribution in [1.29, 1.82) is 0 Å². The summed E-state index contributed by atoms with van der Waals surface area (Å²) in [4.78, 5) is 92.5. The van der Waals surface area contributed by atoms with Crippen LogP contribution in [0.4, 0.5) is 58.2 Å². The molecule has 0 aromatic carbocycles. The van der Waals surface area contributed by atoms with Crippen molar-refractivity contribution in [1.82, 2.24) is 29.9 Å². The molecule has 0 aliphatic carbocycles. The average Bonchev–Trinajstić information content (AvgIpc) is 1.41. The molecule has 6 aromatic rings. The van der Waals surface area contributed by atoms with Crippen molar-refractivity contribution in [3.63, 3.8) is 0 Å². The van der Waals surface area contributed by atoms with Gasteiger partial charge in [0.15, 0.2) is 11.4 Å². The molecule has 28 nitrogen and oxygen atoms in total. The number of ether oxygens (including phenoxy) is 9. The Morgan fingerprint density at radius 3 is 1.15 bits per heavy atom. The summed E-state index contributed by atoms with van der Waals surface area (Å²) in [5.74, 6) is 2.50. The van der Waals surface area contributed by atoms with Crippen LogP contribution in [0.2, 0.25) is 0 Å². The predicted molar refractivity (Wildman–Crippen MR) is 400 cm³/mol. The smallest absolute Gasteiger partial charge is 0.413 e. The highest BCUT2D eigenvalue weighted by Crippen LogP contribution is 2.20. The molecule has 0 aliphatic heterocycles. The van der Waals surface area contributed by atoms with Crippen molar-refractivity contribution in [3.8, 4) is 0 Å². The number of methoxy groups -OCH3 is 4. The number of thiazole rings is 1. The molecule has 2 unspecified atom stereocenters. The number of rotatable bonds is 29. The number of aldehydes is 1. The van der Waals surface area contributed by atoms with Gasteiger partial charge in [0.25, 0.3) is 0 Å². The van der Waals surface area contributed by atoms with Crippen molar-refractivity contribution in [3.05, 3.63) is 131 Å². The molecule has 101 heavy (non-hydrogen) atoms. The lowest BCUT2D eigenvalue weighted by atomic mass is 10.1. The maximum atomic E-state index is 11.7. The number of carbonyl (C=O) groups is 6. The molecule has 30 heteroatoms. The minimum atomic E-state index is -0.516. The summed E-state index contributed by atoms with van der Waals surface area (Å²) < 4.78 is 44.9. The number of nitrogens with zero attached hydrogens (tertiary/aromatic N) is 6. The molecule has 0 saturated carbocycles. The van der Waals surface area contributed by atoms with Gasteiger partial charge in [-0.1, -0.05) is 15.9 Å². The summed E-state index contributed by atoms with van der Waals surface area (Å²) in [5.41, 5.74) is 10.0. The number of hydrogen-bond donors (Lipinski definition) is 6. The SMILES string of the molecule is CCOC(=O)Nc1cc(CCCC(C)OC)ccn1.CCOC(=O)Nc1cc(CCCC=O)ccn1.CCOC(=O)Nc1cc(CCc2cnc(N)s2)ccn1.COC(C)CCCc1ccnc(NC(=O)OC(C)(C)C)c1.COC(CCBr)OC.Cc1ccnc(NC(=O)OC(C)(C)C)c1.[OH3+]. The first-order valence-corrected chi connectivity index (χ1v) is 34.9. The zero-order valence-electron chi connectivity index (χ0n) is 61.6. The van der Waals surface area contributed by atoms with Gasteiger partial charge in [-0.25, -0.2) is 53.9 Å². The van der Waals surface area contributed by atoms with Gasteiger partial charge in [-0.2, -0.15) is 0 Å². The lowest BCUT2D eigenvalue weighted by molar-refractivity contribution is -0.107. The Morgan fingerprint density at radius 2 is 0.851 bits per heavy atom. The van der Waals surface area contributed by atoms with Gasteiger partial charge >= 0.3 is 30.5 Å². The predicted octanol–water partition coefficient (Wildman–Crippen LogP) is 14.6. The molecule has 5 amide bonds. The van der Waals surface area contributed by atoms with Gasteiger partial charge in [0.2, 0.25) is 0 Å². The number of nitrogen functional groups attached to an aromatic ring is 1. The molecule has 0 radical (unpaired) electrons. The van der Waals surface area contributed by atoms with E-state index in [0.717, 1.165) is 115 Å². The number of nitrogens with two attached hydrogens (primary N) is 1. The highest BCUT2D eigenvalue weighted by atomic mass is 79.9. The number of hydrogen-bond acceptors (Lipinski definition) is 23. The number of aryl methyl sites for hydroxylation is 6. The molecule has 0 fully saturated rings. The van der Waals surface area contributed by atoms with Crippen LogP contribution in [0.5, 0.6) is 0 Å². The standard InChI is InChI=1S/C16H26N2O3.C14H22N2O3.C13H16N4O2S.C12H16N2O3.C11H16N2O2.C5H11BrO2.H2O/c1-12(20-5)7-6-8-13-9-10-17-14(11-13)18-15(19)21-16(2,3)4;1-4-19-14(17)16-13-10-12(8-9-15-13)7-5-6-11(2)18-3;1-2-19-13(18)17-11-7-9(5-6-15-11)3-4-10-8-16-12(14)20-10;1-2-17-12(16)14-11-9-10(6-7-13-11)5-3-4-8-15;1-8-5-6-12-9(7-8)13-10(14)15-11(2,3)4;1-7-5(8-2)3-4-6;/h9-12H,6-8H2,1-5H3,(H,17,18,19);8-11H,4-7H2,1-3H3,(H,15,16,17);5-8H,2-4H2,1H3,(H2,14,16)(H,15,17,18);6-9H,2-5H2,1H3,(H,13,14,16);5-7H,1-4H3,(H,12,13,14);5H,3-4H2,1-2H3;1H2/p+1. The van der Waals surface area contributed by atoms with Gasteiger partial charge < -0.3 is 58.6 Å². The maximum absolute atomic E-state index is 11.7. The van der Waals surface area contributed by atoms with E-state index >= 15 is 0 Å². The van der Waals surface area contributed by atoms with Crippen molar-refractivity contribution in [2.24, 2.45) is 0 Å². The minimum absolute atomic E-state index is 0. The highest BCUT2D eigenvalue weighted by molar-refractivity contribution is 9.09. The van der Waals surface area contributed by atoms with Gasteiger partial charge in [-0.3, -0.25) is 26.6 Å². The number of carbonyl (C=O) groups excluding carboxylic acids is 6. The number of anilines is 6. The first-order valence-electron chi connectivity index (χ1n) is 32.9. The van der Waals surface area contributed by atoms with Gasteiger partial charge in [-0.05, 0) is 236 Å². The molecule has 2 atom stereocenters. The molecule has 6 rings (SSSR count). The van der Waals surface area contributed by atoms with Gasteiger partial charge in [0, 0.05) is 88.7 Å². The Bertz CT molecular complexity index is 3260. The van der Waals surface area contributed by atoms with E-state index in [2.05, 4.69) is 86.3 Å². The van der Waals surface area contributed by atoms with E-state index in [1.54, 1.807) is 98.5 Å². The lowest BCUT2D eigenvalue weighted by Crippen LogP contribution is -2.27. The van der Waals surface area contributed by atoms with Crippen LogP contribution < -0.4 is 32.3 Å². The average molecular weight is 1500 g/mol. The largest absolute Gasteiger partial charge is 0.457 e. The zero-order valence-corrected chi connectivity index (χ0v) is 64.0. The number of pyridine rings is 5. The second kappa shape index (κ2) is 54.3. The molecule has 0 aliphatic rings. The number of unbranched alkanes of at least 4 members (excludes halogenated alkanes) is 1. The molecular formula is C71H110BrN12O16S+. The van der Waals surface area contributed by atoms with Crippen LogP contribution in [-0.2, 0) is 85.0 Å². The summed E-state index contributed by atoms with van der Waals surface area (Å²) in [5, 5.41) is 14.4. The van der Waals surface area contributed by atoms with Crippen LogP contribution in [0.1, 0.15) is 154 Å². The summed E-state index contributed by atoms with van der Waals surface area (Å²) in [6.07, 6.45) is 19.7. The Balaban J connectivity index is 0.00000121. The van der Waals surface area contributed by atoms with Crippen molar-refractivity contribution >= 4 is 98.2 Å². The molecule has 10 N–H and O–H groups in total. The summed E-state index contributed by atoms with van der Waals surface area (Å²) >= 11 is 4.76. The van der Waals surface area contributed by atoms with Gasteiger partial charge in [-0.15, -0.1) is 11.3 Å². The topological polar surface area (TPSA) is 382 Å². The van der Waals surface area contributed by atoms with Crippen LogP contribution >= 0.6 is 27.3 Å². The first-order chi connectivity index (χ1) is 47.6. The monoisotopic (exact) mass is 1500 g/mol. The van der Waals surface area contributed by atoms with Gasteiger partial charge in [0.05, 0.1) is 32.0 Å². The van der Waals surface area contributed by atoms with E-state index in [0.29, 0.717) is 60.5 Å². The van der Waals surface area contributed by atoms with E-state index in [9.17, 15) is 28.8 Å². The van der Waals surface area contributed by atoms with E-state index < -0.39 is 41.7 Å². The highest BCUT2D eigenvalue weighted by Gasteiger charge is 2.18. The molecule has 6 aromatic heterocycles.